The number of ether oxygens (including phenoxy) is 2. The number of carbonyl (C=O) groups excluding carboxylic acids is 1. The molecule has 1 aromatic heterocycles. The van der Waals surface area contributed by atoms with Crippen LogP contribution in [0.15, 0.2) is 24.3 Å². The van der Waals surface area contributed by atoms with E-state index in [9.17, 15) is 4.79 Å². The highest BCUT2D eigenvalue weighted by molar-refractivity contribution is 5.82. The predicted molar refractivity (Wildman–Crippen MR) is 97.8 cm³/mol. The van der Waals surface area contributed by atoms with Crippen LogP contribution in [0, 0.1) is 0 Å². The summed E-state index contributed by atoms with van der Waals surface area (Å²) in [5.41, 5.74) is 2.05. The monoisotopic (exact) mass is 345 g/mol. The lowest BCUT2D eigenvalue weighted by molar-refractivity contribution is -0.121. The molecule has 1 amide bonds. The number of amides is 1. The van der Waals surface area contributed by atoms with Crippen LogP contribution >= 0.6 is 0 Å². The second kappa shape index (κ2) is 8.36. The van der Waals surface area contributed by atoms with Crippen molar-refractivity contribution in [3.05, 3.63) is 30.0 Å². The zero-order valence-electron chi connectivity index (χ0n) is 15.0. The summed E-state index contributed by atoms with van der Waals surface area (Å²) in [4.78, 5) is 17.8. The minimum Gasteiger partial charge on any atom is -0.497 e. The van der Waals surface area contributed by atoms with Crippen LogP contribution in [0.2, 0.25) is 0 Å². The van der Waals surface area contributed by atoms with Crippen LogP contribution < -0.4 is 10.1 Å². The minimum atomic E-state index is 0.0938. The summed E-state index contributed by atoms with van der Waals surface area (Å²) in [5.74, 6) is 0.926. The molecule has 2 heterocycles. The first-order chi connectivity index (χ1) is 12.2. The molecule has 3 rings (SSSR count). The number of hydrogen-bond acceptors (Lipinski definition) is 4. The van der Waals surface area contributed by atoms with E-state index in [4.69, 9.17) is 9.47 Å². The number of morpholine rings is 1. The number of nitrogens with zero attached hydrogens (tertiary/aromatic N) is 1. The van der Waals surface area contributed by atoms with Gasteiger partial charge in [-0.3, -0.25) is 9.69 Å². The summed E-state index contributed by atoms with van der Waals surface area (Å²) in [6, 6.07) is 8.36. The summed E-state index contributed by atoms with van der Waals surface area (Å²) < 4.78 is 10.6. The summed E-state index contributed by atoms with van der Waals surface area (Å²) in [7, 11) is 1.66. The molecule has 1 aliphatic heterocycles. The summed E-state index contributed by atoms with van der Waals surface area (Å²) >= 11 is 0. The number of carbonyl (C=O) groups is 1. The molecular formula is C19H27N3O3. The van der Waals surface area contributed by atoms with Crippen molar-refractivity contribution in [1.29, 1.82) is 0 Å². The van der Waals surface area contributed by atoms with Gasteiger partial charge in [-0.15, -0.1) is 0 Å². The van der Waals surface area contributed by atoms with Crippen molar-refractivity contribution in [2.45, 2.75) is 32.4 Å². The molecule has 2 N–H and O–H groups in total. The molecule has 0 saturated carbocycles. The van der Waals surface area contributed by atoms with Gasteiger partial charge in [-0.25, -0.2) is 0 Å². The van der Waals surface area contributed by atoms with Gasteiger partial charge in [-0.2, -0.15) is 0 Å². The molecule has 25 heavy (non-hydrogen) atoms. The van der Waals surface area contributed by atoms with E-state index >= 15 is 0 Å². The van der Waals surface area contributed by atoms with Gasteiger partial charge in [-0.1, -0.05) is 0 Å². The number of aromatic amines is 1. The SMILES string of the molecule is COc1ccc2[nH]c(CNC(=O)CC[C@H](C)N3CCOCC3)cc2c1. The molecule has 1 fully saturated rings. The van der Waals surface area contributed by atoms with Crippen LogP contribution in [0.4, 0.5) is 0 Å². The molecule has 0 bridgehead atoms. The average molecular weight is 345 g/mol. The highest BCUT2D eigenvalue weighted by Gasteiger charge is 2.17. The van der Waals surface area contributed by atoms with Gasteiger partial charge in [0.05, 0.1) is 26.9 Å². The number of nitrogens with one attached hydrogen (secondary N) is 2. The maximum Gasteiger partial charge on any atom is 0.220 e. The van der Waals surface area contributed by atoms with Gasteiger partial charge >= 0.3 is 0 Å². The normalized spacial score (nSPS) is 16.7. The number of fused-ring (bicyclic) bond motifs is 1. The average Bonchev–Trinajstić information content (AvgIpc) is 3.07. The van der Waals surface area contributed by atoms with E-state index in [1.807, 2.05) is 18.2 Å². The second-order valence-electron chi connectivity index (χ2n) is 6.56. The fourth-order valence-electron chi connectivity index (χ4n) is 3.22. The highest BCUT2D eigenvalue weighted by atomic mass is 16.5. The van der Waals surface area contributed by atoms with Crippen LogP contribution in [0.5, 0.6) is 5.75 Å². The summed E-state index contributed by atoms with van der Waals surface area (Å²) in [6.07, 6.45) is 1.42. The van der Waals surface area contributed by atoms with Crippen molar-refractivity contribution in [2.75, 3.05) is 33.4 Å². The van der Waals surface area contributed by atoms with Crippen molar-refractivity contribution >= 4 is 16.8 Å². The van der Waals surface area contributed by atoms with Crippen molar-refractivity contribution < 1.29 is 14.3 Å². The van der Waals surface area contributed by atoms with Gasteiger partial charge in [0.25, 0.3) is 0 Å². The lowest BCUT2D eigenvalue weighted by Gasteiger charge is -2.32. The number of H-pyrrole nitrogens is 1. The Morgan fingerprint density at radius 3 is 2.92 bits per heavy atom. The minimum absolute atomic E-state index is 0.0938. The van der Waals surface area contributed by atoms with Crippen LogP contribution in [0.25, 0.3) is 10.9 Å². The van der Waals surface area contributed by atoms with Gasteiger partial charge in [0, 0.05) is 42.1 Å². The van der Waals surface area contributed by atoms with E-state index in [2.05, 4.69) is 28.2 Å². The Kier molecular flexibility index (Phi) is 5.94. The molecule has 0 aliphatic carbocycles. The third-order valence-corrected chi connectivity index (χ3v) is 4.82. The molecule has 1 saturated heterocycles. The second-order valence-corrected chi connectivity index (χ2v) is 6.56. The Morgan fingerprint density at radius 2 is 2.16 bits per heavy atom. The first kappa shape index (κ1) is 17.8. The van der Waals surface area contributed by atoms with Crippen molar-refractivity contribution in [3.63, 3.8) is 0 Å². The first-order valence-corrected chi connectivity index (χ1v) is 8.90. The lowest BCUT2D eigenvalue weighted by Crippen LogP contribution is -2.42. The Hall–Kier alpha value is -2.05. The number of aromatic nitrogens is 1. The van der Waals surface area contributed by atoms with Crippen LogP contribution in [-0.4, -0.2) is 55.2 Å². The number of methoxy groups -OCH3 is 1. The highest BCUT2D eigenvalue weighted by Crippen LogP contribution is 2.21. The molecule has 2 aromatic rings. The lowest BCUT2D eigenvalue weighted by atomic mass is 10.1. The summed E-state index contributed by atoms with van der Waals surface area (Å²) in [6.45, 7) is 6.21. The molecule has 136 valence electrons. The standard InChI is InChI=1S/C19H27N3O3/c1-14(22-7-9-25-10-8-22)3-6-19(23)20-13-16-11-15-12-17(24-2)4-5-18(15)21-16/h4-5,11-12,14,21H,3,6-10,13H2,1-2H3,(H,20,23)/t14-/m0/s1. The summed E-state index contributed by atoms with van der Waals surface area (Å²) in [5, 5.41) is 4.09. The molecule has 1 atom stereocenters. The molecule has 1 aromatic carbocycles. The van der Waals surface area contributed by atoms with Crippen LogP contribution in [-0.2, 0) is 16.1 Å². The van der Waals surface area contributed by atoms with Crippen LogP contribution in [0.1, 0.15) is 25.5 Å². The van der Waals surface area contributed by atoms with Gasteiger partial charge in [0.1, 0.15) is 5.75 Å². The molecule has 6 nitrogen and oxygen atoms in total. The Labute approximate surface area is 148 Å². The smallest absolute Gasteiger partial charge is 0.220 e. The van der Waals surface area contributed by atoms with Gasteiger partial charge < -0.3 is 19.8 Å². The number of benzene rings is 1. The van der Waals surface area contributed by atoms with Gasteiger partial charge in [0.15, 0.2) is 0 Å². The predicted octanol–water partition coefficient (Wildman–Crippen LogP) is 2.29. The zero-order valence-corrected chi connectivity index (χ0v) is 15.0. The van der Waals surface area contributed by atoms with E-state index in [0.717, 1.165) is 55.1 Å². The largest absolute Gasteiger partial charge is 0.497 e. The van der Waals surface area contributed by atoms with Gasteiger partial charge in [0.2, 0.25) is 5.91 Å². The fourth-order valence-corrected chi connectivity index (χ4v) is 3.22. The third-order valence-electron chi connectivity index (χ3n) is 4.82. The van der Waals surface area contributed by atoms with E-state index < -0.39 is 0 Å². The van der Waals surface area contributed by atoms with Crippen molar-refractivity contribution in [3.8, 4) is 5.75 Å². The quantitative estimate of drug-likeness (QED) is 0.808. The Bertz CT molecular complexity index is 707. The van der Waals surface area contributed by atoms with E-state index in [0.29, 0.717) is 19.0 Å². The number of rotatable bonds is 7. The van der Waals surface area contributed by atoms with Gasteiger partial charge in [-0.05, 0) is 37.6 Å². The van der Waals surface area contributed by atoms with Crippen LogP contribution in [0.3, 0.4) is 0 Å². The molecular weight excluding hydrogens is 318 g/mol. The van der Waals surface area contributed by atoms with E-state index in [-0.39, 0.29) is 5.91 Å². The fraction of sp³-hybridized carbons (Fsp3) is 0.526. The molecule has 0 spiro atoms. The molecule has 0 unspecified atom stereocenters. The molecule has 0 radical (unpaired) electrons. The van der Waals surface area contributed by atoms with Crippen molar-refractivity contribution in [2.24, 2.45) is 0 Å². The molecule has 6 heteroatoms. The number of hydrogen-bond donors (Lipinski definition) is 2. The Morgan fingerprint density at radius 1 is 1.36 bits per heavy atom. The maximum atomic E-state index is 12.1. The molecule has 1 aliphatic rings. The van der Waals surface area contributed by atoms with E-state index in [1.54, 1.807) is 7.11 Å². The maximum absolute atomic E-state index is 12.1. The van der Waals surface area contributed by atoms with E-state index in [1.165, 1.54) is 0 Å². The Balaban J connectivity index is 1.45. The topological polar surface area (TPSA) is 66.6 Å². The van der Waals surface area contributed by atoms with Crippen molar-refractivity contribution in [1.82, 2.24) is 15.2 Å². The third kappa shape index (κ3) is 4.74. The first-order valence-electron chi connectivity index (χ1n) is 8.90. The zero-order chi connectivity index (χ0) is 17.6.